The molecule has 4 nitrogen and oxygen atoms in total. The van der Waals surface area contributed by atoms with E-state index in [0.29, 0.717) is 6.54 Å². The van der Waals surface area contributed by atoms with E-state index in [1.807, 2.05) is 48.5 Å². The summed E-state index contributed by atoms with van der Waals surface area (Å²) in [5.74, 6) is 0.833. The summed E-state index contributed by atoms with van der Waals surface area (Å²) in [5.41, 5.74) is 1.91. The lowest BCUT2D eigenvalue weighted by atomic mass is 10.1. The Labute approximate surface area is 132 Å². The maximum Gasteiger partial charge on any atom is 0.319 e. The SMILES string of the molecule is COc1ccc(CCNC(=O)Nc2cccc(Br)c2)cc1. The maximum atomic E-state index is 11.8. The van der Waals surface area contributed by atoms with Gasteiger partial charge < -0.3 is 15.4 Å². The van der Waals surface area contributed by atoms with Crippen LogP contribution in [0.5, 0.6) is 5.75 Å². The van der Waals surface area contributed by atoms with E-state index in [1.165, 1.54) is 0 Å². The number of amides is 2. The molecule has 0 saturated carbocycles. The molecular formula is C16H17BrN2O2. The number of ether oxygens (including phenoxy) is 1. The molecule has 0 fully saturated rings. The molecule has 21 heavy (non-hydrogen) atoms. The zero-order chi connectivity index (χ0) is 15.1. The molecule has 2 amide bonds. The number of urea groups is 1. The first kappa shape index (κ1) is 15.4. The third kappa shape index (κ3) is 5.11. The molecule has 0 spiro atoms. The molecular weight excluding hydrogens is 332 g/mol. The molecule has 0 saturated heterocycles. The predicted octanol–water partition coefficient (Wildman–Crippen LogP) is 3.82. The maximum absolute atomic E-state index is 11.8. The lowest BCUT2D eigenvalue weighted by Gasteiger charge is -2.08. The summed E-state index contributed by atoms with van der Waals surface area (Å²) in [6, 6.07) is 15.1. The van der Waals surface area contributed by atoms with Crippen molar-refractivity contribution >= 4 is 27.6 Å². The number of nitrogens with one attached hydrogen (secondary N) is 2. The third-order valence-corrected chi connectivity index (χ3v) is 3.43. The number of hydrogen-bond acceptors (Lipinski definition) is 2. The molecule has 2 aromatic carbocycles. The third-order valence-electron chi connectivity index (χ3n) is 2.94. The van der Waals surface area contributed by atoms with Gasteiger partial charge in [0.05, 0.1) is 7.11 Å². The normalized spacial score (nSPS) is 10.0. The van der Waals surface area contributed by atoms with E-state index in [9.17, 15) is 4.79 Å². The van der Waals surface area contributed by atoms with Crippen LogP contribution in [0.4, 0.5) is 10.5 Å². The summed E-state index contributed by atoms with van der Waals surface area (Å²) in [7, 11) is 1.64. The van der Waals surface area contributed by atoms with Crippen LogP contribution in [0.1, 0.15) is 5.56 Å². The Kier molecular flexibility index (Phi) is 5.63. The highest BCUT2D eigenvalue weighted by atomic mass is 79.9. The van der Waals surface area contributed by atoms with Crippen molar-refractivity contribution < 1.29 is 9.53 Å². The molecule has 5 heteroatoms. The zero-order valence-corrected chi connectivity index (χ0v) is 13.3. The number of rotatable bonds is 5. The second-order valence-electron chi connectivity index (χ2n) is 4.49. The summed E-state index contributed by atoms with van der Waals surface area (Å²) >= 11 is 3.37. The van der Waals surface area contributed by atoms with Crippen LogP contribution in [0.25, 0.3) is 0 Å². The van der Waals surface area contributed by atoms with Crippen LogP contribution < -0.4 is 15.4 Å². The van der Waals surface area contributed by atoms with Gasteiger partial charge in [0.15, 0.2) is 0 Å². The van der Waals surface area contributed by atoms with Crippen LogP contribution in [0.2, 0.25) is 0 Å². The molecule has 2 N–H and O–H groups in total. The van der Waals surface area contributed by atoms with Crippen LogP contribution in [0, 0.1) is 0 Å². The van der Waals surface area contributed by atoms with Crippen LogP contribution in [0.3, 0.4) is 0 Å². The Hall–Kier alpha value is -2.01. The van der Waals surface area contributed by atoms with Gasteiger partial charge in [-0.15, -0.1) is 0 Å². The van der Waals surface area contributed by atoms with Gasteiger partial charge >= 0.3 is 6.03 Å². The zero-order valence-electron chi connectivity index (χ0n) is 11.7. The van der Waals surface area contributed by atoms with Crippen molar-refractivity contribution in [3.05, 3.63) is 58.6 Å². The summed E-state index contributed by atoms with van der Waals surface area (Å²) in [6.07, 6.45) is 0.774. The van der Waals surface area contributed by atoms with Crippen molar-refractivity contribution in [1.82, 2.24) is 5.32 Å². The van der Waals surface area contributed by atoms with Crippen LogP contribution in [-0.2, 0) is 6.42 Å². The first-order valence-corrected chi connectivity index (χ1v) is 7.40. The van der Waals surface area contributed by atoms with Gasteiger partial charge in [0, 0.05) is 16.7 Å². The molecule has 0 radical (unpaired) electrons. The van der Waals surface area contributed by atoms with Crippen molar-refractivity contribution in [2.45, 2.75) is 6.42 Å². The topological polar surface area (TPSA) is 50.4 Å². The Morgan fingerprint density at radius 1 is 1.19 bits per heavy atom. The fourth-order valence-electron chi connectivity index (χ4n) is 1.85. The molecule has 0 atom stereocenters. The Morgan fingerprint density at radius 3 is 2.62 bits per heavy atom. The minimum atomic E-state index is -0.207. The van der Waals surface area contributed by atoms with Gasteiger partial charge in [0.1, 0.15) is 5.75 Å². The van der Waals surface area contributed by atoms with Crippen molar-refractivity contribution in [2.24, 2.45) is 0 Å². The van der Waals surface area contributed by atoms with Crippen LogP contribution >= 0.6 is 15.9 Å². The van der Waals surface area contributed by atoms with E-state index in [1.54, 1.807) is 7.11 Å². The van der Waals surface area contributed by atoms with Crippen LogP contribution in [0.15, 0.2) is 53.0 Å². The second-order valence-corrected chi connectivity index (χ2v) is 5.40. The van der Waals surface area contributed by atoms with E-state index in [0.717, 1.165) is 27.9 Å². The first-order valence-electron chi connectivity index (χ1n) is 6.61. The van der Waals surface area contributed by atoms with Gasteiger partial charge in [0.2, 0.25) is 0 Å². The Morgan fingerprint density at radius 2 is 1.95 bits per heavy atom. The van der Waals surface area contributed by atoms with Gasteiger partial charge in [-0.1, -0.05) is 34.1 Å². The van der Waals surface area contributed by atoms with Gasteiger partial charge in [-0.05, 0) is 42.3 Å². The number of methoxy groups -OCH3 is 1. The van der Waals surface area contributed by atoms with Crippen molar-refractivity contribution in [3.8, 4) is 5.75 Å². The number of carbonyl (C=O) groups excluding carboxylic acids is 1. The summed E-state index contributed by atoms with van der Waals surface area (Å²) in [6.45, 7) is 0.576. The van der Waals surface area contributed by atoms with Crippen molar-refractivity contribution in [3.63, 3.8) is 0 Å². The van der Waals surface area contributed by atoms with Crippen LogP contribution in [-0.4, -0.2) is 19.7 Å². The van der Waals surface area contributed by atoms with E-state index in [4.69, 9.17) is 4.74 Å². The average Bonchev–Trinajstić information content (AvgIpc) is 2.48. The van der Waals surface area contributed by atoms with Crippen molar-refractivity contribution in [1.29, 1.82) is 0 Å². The van der Waals surface area contributed by atoms with E-state index < -0.39 is 0 Å². The average molecular weight is 349 g/mol. The fraction of sp³-hybridized carbons (Fsp3) is 0.188. The van der Waals surface area contributed by atoms with E-state index in [-0.39, 0.29) is 6.03 Å². The monoisotopic (exact) mass is 348 g/mol. The number of benzene rings is 2. The van der Waals surface area contributed by atoms with Gasteiger partial charge in [-0.3, -0.25) is 0 Å². The standard InChI is InChI=1S/C16H17BrN2O2/c1-21-15-7-5-12(6-8-15)9-10-18-16(20)19-14-4-2-3-13(17)11-14/h2-8,11H,9-10H2,1H3,(H2,18,19,20). The van der Waals surface area contributed by atoms with E-state index in [2.05, 4.69) is 26.6 Å². The lowest BCUT2D eigenvalue weighted by molar-refractivity contribution is 0.252. The lowest BCUT2D eigenvalue weighted by Crippen LogP contribution is -2.30. The molecule has 0 aliphatic carbocycles. The molecule has 0 aliphatic rings. The molecule has 0 bridgehead atoms. The number of anilines is 1. The number of carbonyl (C=O) groups is 1. The Balaban J connectivity index is 1.76. The smallest absolute Gasteiger partial charge is 0.319 e. The van der Waals surface area contributed by atoms with Crippen molar-refractivity contribution in [2.75, 3.05) is 19.0 Å². The Bertz CT molecular complexity index is 599. The largest absolute Gasteiger partial charge is 0.497 e. The summed E-state index contributed by atoms with van der Waals surface area (Å²) < 4.78 is 6.03. The van der Waals surface area contributed by atoms with E-state index >= 15 is 0 Å². The number of hydrogen-bond donors (Lipinski definition) is 2. The van der Waals surface area contributed by atoms with Gasteiger partial charge in [0.25, 0.3) is 0 Å². The molecule has 0 aromatic heterocycles. The van der Waals surface area contributed by atoms with Gasteiger partial charge in [-0.2, -0.15) is 0 Å². The highest BCUT2D eigenvalue weighted by Gasteiger charge is 2.02. The molecule has 2 rings (SSSR count). The number of halogens is 1. The predicted molar refractivity (Wildman–Crippen MR) is 87.9 cm³/mol. The summed E-state index contributed by atoms with van der Waals surface area (Å²) in [4.78, 5) is 11.8. The van der Waals surface area contributed by atoms with Gasteiger partial charge in [-0.25, -0.2) is 4.79 Å². The molecule has 2 aromatic rings. The summed E-state index contributed by atoms with van der Waals surface area (Å²) in [5, 5.41) is 5.62. The fourth-order valence-corrected chi connectivity index (χ4v) is 2.25. The minimum Gasteiger partial charge on any atom is -0.497 e. The first-order chi connectivity index (χ1) is 10.2. The molecule has 0 heterocycles. The quantitative estimate of drug-likeness (QED) is 0.862. The molecule has 110 valence electrons. The molecule has 0 aliphatic heterocycles. The highest BCUT2D eigenvalue weighted by Crippen LogP contribution is 2.15. The minimum absolute atomic E-state index is 0.207. The second kappa shape index (κ2) is 7.69. The molecule has 0 unspecified atom stereocenters. The highest BCUT2D eigenvalue weighted by molar-refractivity contribution is 9.10.